The minimum absolute atomic E-state index is 0.431. The summed E-state index contributed by atoms with van der Waals surface area (Å²) in [6, 6.07) is 18.0. The first-order valence-electron chi connectivity index (χ1n) is 11.8. The Morgan fingerprint density at radius 1 is 1.15 bits per heavy atom. The lowest BCUT2D eigenvalue weighted by molar-refractivity contribution is 0.718. The zero-order valence-corrected chi connectivity index (χ0v) is 19.9. The second-order valence-corrected chi connectivity index (χ2v) is 9.02. The quantitative estimate of drug-likeness (QED) is 0.399. The van der Waals surface area contributed by atoms with Crippen LogP contribution in [0.3, 0.4) is 0 Å². The standard InChI is InChI=1S/C26H26ClN7/c1-2-3-16-33(17-6-15-28)20-13-11-19(12-14-20)29-24-23(21-7-4-5-8-22(21)27)31-34-26(24)30-25(32-34)18-9-10-18/h4-5,7-8,11-14,18H,2-3,6,9-10,16-17H2,1H3/b29-24-. The molecule has 0 unspecified atom stereocenters. The van der Waals surface area contributed by atoms with E-state index >= 15 is 0 Å². The number of hydrogen-bond donors (Lipinski definition) is 0. The Labute approximate surface area is 204 Å². The number of unbranched alkanes of at least 4 members (excludes halogenated alkanes) is 1. The Bertz CT molecular complexity index is 1280. The molecule has 1 aliphatic heterocycles. The summed E-state index contributed by atoms with van der Waals surface area (Å²) in [5, 5.41) is 18.9. The van der Waals surface area contributed by atoms with Crippen molar-refractivity contribution in [1.82, 2.24) is 14.9 Å². The van der Waals surface area contributed by atoms with Crippen LogP contribution in [0, 0.1) is 11.3 Å². The molecule has 1 aromatic heterocycles. The predicted molar refractivity (Wildman–Crippen MR) is 135 cm³/mol. The number of nitriles is 1. The first-order valence-corrected chi connectivity index (χ1v) is 12.2. The average molecular weight is 472 g/mol. The highest BCUT2D eigenvalue weighted by Crippen LogP contribution is 2.38. The number of fused-ring (bicyclic) bond motifs is 1. The lowest BCUT2D eigenvalue weighted by Gasteiger charge is -2.23. The van der Waals surface area contributed by atoms with Crippen LogP contribution < -0.4 is 4.90 Å². The number of aromatic nitrogens is 3. The Hall–Kier alpha value is -3.50. The summed E-state index contributed by atoms with van der Waals surface area (Å²) >= 11 is 6.50. The number of aliphatic imine (C=N–C) groups is 1. The van der Waals surface area contributed by atoms with E-state index < -0.39 is 0 Å². The zero-order chi connectivity index (χ0) is 23.5. The summed E-state index contributed by atoms with van der Waals surface area (Å²) in [5.41, 5.74) is 4.05. The highest BCUT2D eigenvalue weighted by molar-refractivity contribution is 6.56. The van der Waals surface area contributed by atoms with Gasteiger partial charge in [0.2, 0.25) is 5.82 Å². The fourth-order valence-electron chi connectivity index (χ4n) is 4.01. The molecule has 0 N–H and O–H groups in total. The third kappa shape index (κ3) is 4.59. The maximum absolute atomic E-state index is 9.02. The first-order chi connectivity index (χ1) is 16.7. The molecule has 2 aliphatic rings. The molecule has 0 amide bonds. The molecule has 8 heteroatoms. The molecule has 5 rings (SSSR count). The van der Waals surface area contributed by atoms with Gasteiger partial charge in [-0.25, -0.2) is 9.98 Å². The van der Waals surface area contributed by atoms with Crippen LogP contribution in [-0.2, 0) is 0 Å². The summed E-state index contributed by atoms with van der Waals surface area (Å²) in [6.45, 7) is 3.83. The molecular formula is C26H26ClN7. The van der Waals surface area contributed by atoms with Crippen LogP contribution in [0.5, 0.6) is 0 Å². The largest absolute Gasteiger partial charge is 0.371 e. The van der Waals surface area contributed by atoms with Gasteiger partial charge in [0.15, 0.2) is 5.82 Å². The monoisotopic (exact) mass is 471 g/mol. The summed E-state index contributed by atoms with van der Waals surface area (Å²) in [7, 11) is 0. The van der Waals surface area contributed by atoms with Crippen LogP contribution >= 0.6 is 11.6 Å². The molecule has 0 saturated heterocycles. The minimum atomic E-state index is 0.431. The Kier molecular flexibility index (Phi) is 6.41. The zero-order valence-electron chi connectivity index (χ0n) is 19.2. The van der Waals surface area contributed by atoms with E-state index in [1.807, 2.05) is 36.4 Å². The number of hydrogen-bond acceptors (Lipinski definition) is 6. The van der Waals surface area contributed by atoms with Crippen molar-refractivity contribution in [2.24, 2.45) is 10.1 Å². The molecule has 0 spiro atoms. The highest BCUT2D eigenvalue weighted by atomic mass is 35.5. The number of halogens is 1. The average Bonchev–Trinajstić information content (AvgIpc) is 3.54. The van der Waals surface area contributed by atoms with Crippen molar-refractivity contribution < 1.29 is 0 Å². The van der Waals surface area contributed by atoms with Crippen molar-refractivity contribution in [2.45, 2.75) is 44.9 Å². The Balaban J connectivity index is 1.48. The van der Waals surface area contributed by atoms with Crippen molar-refractivity contribution in [1.29, 1.82) is 5.26 Å². The summed E-state index contributed by atoms with van der Waals surface area (Å²) in [6.07, 6.45) is 4.95. The molecule has 1 saturated carbocycles. The van der Waals surface area contributed by atoms with Gasteiger partial charge in [0.25, 0.3) is 0 Å². The Morgan fingerprint density at radius 3 is 2.65 bits per heavy atom. The van der Waals surface area contributed by atoms with Crippen molar-refractivity contribution in [3.63, 3.8) is 0 Å². The maximum Gasteiger partial charge on any atom is 0.204 e. The molecule has 2 aromatic carbocycles. The van der Waals surface area contributed by atoms with E-state index in [-0.39, 0.29) is 0 Å². The van der Waals surface area contributed by atoms with Gasteiger partial charge in [-0.05, 0) is 49.6 Å². The maximum atomic E-state index is 9.02. The molecular weight excluding hydrogens is 446 g/mol. The van der Waals surface area contributed by atoms with Crippen LogP contribution in [0.2, 0.25) is 5.02 Å². The summed E-state index contributed by atoms with van der Waals surface area (Å²) < 4.78 is 0. The normalized spacial score (nSPS) is 15.8. The molecule has 1 aliphatic carbocycles. The second-order valence-electron chi connectivity index (χ2n) is 8.61. The van der Waals surface area contributed by atoms with Gasteiger partial charge in [-0.15, -0.1) is 15.0 Å². The molecule has 0 radical (unpaired) electrons. The lowest BCUT2D eigenvalue weighted by Crippen LogP contribution is -2.25. The molecule has 2 heterocycles. The van der Waals surface area contributed by atoms with Crippen LogP contribution in [0.25, 0.3) is 0 Å². The molecule has 172 valence electrons. The van der Waals surface area contributed by atoms with E-state index in [4.69, 9.17) is 31.9 Å². The van der Waals surface area contributed by atoms with Crippen molar-refractivity contribution >= 4 is 34.4 Å². The molecule has 0 atom stereocenters. The van der Waals surface area contributed by atoms with Crippen LogP contribution in [0.1, 0.15) is 62.2 Å². The van der Waals surface area contributed by atoms with E-state index in [9.17, 15) is 0 Å². The third-order valence-electron chi connectivity index (χ3n) is 6.04. The number of rotatable bonds is 9. The van der Waals surface area contributed by atoms with E-state index in [2.05, 4.69) is 35.1 Å². The van der Waals surface area contributed by atoms with Gasteiger partial charge in [-0.2, -0.15) is 5.26 Å². The first kappa shape index (κ1) is 22.3. The predicted octanol–water partition coefficient (Wildman–Crippen LogP) is 5.72. The number of nitrogens with zero attached hydrogens (tertiary/aromatic N) is 7. The van der Waals surface area contributed by atoms with Gasteiger partial charge in [-0.1, -0.05) is 43.1 Å². The summed E-state index contributed by atoms with van der Waals surface area (Å²) in [5.74, 6) is 1.92. The van der Waals surface area contributed by atoms with E-state index in [1.165, 1.54) is 0 Å². The molecule has 1 fully saturated rings. The SMILES string of the molecule is CCCCN(CCC#N)c1ccc(/N=C2/C(c3ccccc3Cl)=Nn3nc(C4CC4)nc32)cc1. The van der Waals surface area contributed by atoms with Gasteiger partial charge in [0.1, 0.15) is 11.4 Å². The van der Waals surface area contributed by atoms with Gasteiger partial charge in [-0.3, -0.25) is 0 Å². The van der Waals surface area contributed by atoms with Crippen molar-refractivity contribution in [2.75, 3.05) is 18.0 Å². The van der Waals surface area contributed by atoms with Gasteiger partial charge >= 0.3 is 0 Å². The number of anilines is 1. The smallest absolute Gasteiger partial charge is 0.204 e. The fraction of sp³-hybridized carbons (Fsp3) is 0.346. The molecule has 34 heavy (non-hydrogen) atoms. The molecule has 0 bridgehead atoms. The lowest BCUT2D eigenvalue weighted by atomic mass is 10.1. The van der Waals surface area contributed by atoms with Crippen LogP contribution in [0.4, 0.5) is 11.4 Å². The topological polar surface area (TPSA) is 82.5 Å². The van der Waals surface area contributed by atoms with Gasteiger partial charge in [0.05, 0.1) is 23.2 Å². The number of benzene rings is 2. The third-order valence-corrected chi connectivity index (χ3v) is 6.37. The second kappa shape index (κ2) is 9.78. The van der Waals surface area contributed by atoms with Gasteiger partial charge < -0.3 is 4.90 Å². The van der Waals surface area contributed by atoms with Crippen molar-refractivity contribution in [3.8, 4) is 6.07 Å². The summed E-state index contributed by atoms with van der Waals surface area (Å²) in [4.78, 5) is 13.6. The minimum Gasteiger partial charge on any atom is -0.371 e. The van der Waals surface area contributed by atoms with Gasteiger partial charge in [0, 0.05) is 30.3 Å². The highest BCUT2D eigenvalue weighted by Gasteiger charge is 2.34. The van der Waals surface area contributed by atoms with Crippen LogP contribution in [-0.4, -0.2) is 39.4 Å². The molecule has 3 aromatic rings. The van der Waals surface area contributed by atoms with E-state index in [0.717, 1.165) is 61.5 Å². The fourth-order valence-corrected chi connectivity index (χ4v) is 4.23. The molecule has 7 nitrogen and oxygen atoms in total. The van der Waals surface area contributed by atoms with Crippen LogP contribution in [0.15, 0.2) is 58.6 Å². The van der Waals surface area contributed by atoms with E-state index in [1.54, 1.807) is 4.79 Å². The van der Waals surface area contributed by atoms with E-state index in [0.29, 0.717) is 34.6 Å². The Morgan fingerprint density at radius 2 is 1.94 bits per heavy atom. The van der Waals surface area contributed by atoms with Crippen molar-refractivity contribution in [3.05, 3.63) is 70.8 Å².